The average Bonchev–Trinajstić information content (AvgIpc) is 3.51. The fraction of sp³-hybridized carbons (Fsp3) is 0.147. The van der Waals surface area contributed by atoms with E-state index in [1.165, 1.54) is 16.2 Å². The zero-order valence-electron chi connectivity index (χ0n) is 22.9. The van der Waals surface area contributed by atoms with Gasteiger partial charge in [0.15, 0.2) is 5.13 Å². The van der Waals surface area contributed by atoms with Gasteiger partial charge in [0.1, 0.15) is 18.1 Å². The van der Waals surface area contributed by atoms with E-state index in [-0.39, 0.29) is 11.3 Å². The van der Waals surface area contributed by atoms with Crippen molar-refractivity contribution in [2.45, 2.75) is 33.4 Å². The molecule has 1 N–H and O–H groups in total. The number of aliphatic hydroxyl groups is 1. The van der Waals surface area contributed by atoms with Gasteiger partial charge in [0.25, 0.3) is 5.78 Å². The Morgan fingerprint density at radius 2 is 1.61 bits per heavy atom. The molecule has 0 bridgehead atoms. The van der Waals surface area contributed by atoms with Crippen LogP contribution in [0.3, 0.4) is 0 Å². The van der Waals surface area contributed by atoms with E-state index in [1.807, 2.05) is 112 Å². The van der Waals surface area contributed by atoms with Crippen molar-refractivity contribution < 1.29 is 19.4 Å². The zero-order chi connectivity index (χ0) is 28.7. The van der Waals surface area contributed by atoms with Crippen molar-refractivity contribution in [2.24, 2.45) is 0 Å². The first-order valence-electron chi connectivity index (χ1n) is 13.3. The highest BCUT2D eigenvalue weighted by Crippen LogP contribution is 2.45. The highest BCUT2D eigenvalue weighted by atomic mass is 32.1. The number of thiazole rings is 1. The van der Waals surface area contributed by atoms with Gasteiger partial charge in [-0.25, -0.2) is 4.98 Å². The molecule has 1 saturated heterocycles. The number of rotatable bonds is 6. The predicted octanol–water partition coefficient (Wildman–Crippen LogP) is 7.43. The van der Waals surface area contributed by atoms with Gasteiger partial charge in [-0.3, -0.25) is 14.5 Å². The Morgan fingerprint density at radius 1 is 0.902 bits per heavy atom. The van der Waals surface area contributed by atoms with Gasteiger partial charge in [-0.15, -0.1) is 0 Å². The molecular formula is C34H28N2O4S. The predicted molar refractivity (Wildman–Crippen MR) is 162 cm³/mol. The first kappa shape index (κ1) is 26.5. The largest absolute Gasteiger partial charge is 0.507 e. The van der Waals surface area contributed by atoms with Gasteiger partial charge >= 0.3 is 5.91 Å². The number of Topliss-reactive ketones (excluding diaryl/α,β-unsaturated/α-hetero) is 1. The summed E-state index contributed by atoms with van der Waals surface area (Å²) in [7, 11) is 0. The number of anilines is 1. The van der Waals surface area contributed by atoms with Gasteiger partial charge in [0, 0.05) is 5.56 Å². The van der Waals surface area contributed by atoms with E-state index in [9.17, 15) is 14.7 Å². The highest BCUT2D eigenvalue weighted by molar-refractivity contribution is 7.22. The van der Waals surface area contributed by atoms with E-state index in [2.05, 4.69) is 0 Å². The number of benzene rings is 4. The third-order valence-corrected chi connectivity index (χ3v) is 8.29. The molecule has 6 rings (SSSR count). The minimum absolute atomic E-state index is 0.0390. The van der Waals surface area contributed by atoms with E-state index in [0.717, 1.165) is 32.5 Å². The molecular weight excluding hydrogens is 532 g/mol. The summed E-state index contributed by atoms with van der Waals surface area (Å²) in [5.41, 5.74) is 5.83. The third kappa shape index (κ3) is 5.00. The molecule has 6 nitrogen and oxygen atoms in total. The lowest BCUT2D eigenvalue weighted by Gasteiger charge is -2.23. The molecule has 4 aromatic carbocycles. The molecule has 0 spiro atoms. The normalized spacial score (nSPS) is 16.5. The second kappa shape index (κ2) is 10.7. The molecule has 41 heavy (non-hydrogen) atoms. The van der Waals surface area contributed by atoms with Crippen LogP contribution in [-0.2, 0) is 16.2 Å². The summed E-state index contributed by atoms with van der Waals surface area (Å²) in [6.45, 7) is 6.20. The molecule has 1 fully saturated rings. The lowest BCUT2D eigenvalue weighted by Crippen LogP contribution is -2.29. The van der Waals surface area contributed by atoms with E-state index < -0.39 is 17.7 Å². The number of hydrogen-bond donors (Lipinski definition) is 1. The maximum atomic E-state index is 13.6. The molecule has 0 saturated carbocycles. The van der Waals surface area contributed by atoms with Crippen LogP contribution in [0.15, 0.2) is 96.6 Å². The van der Waals surface area contributed by atoms with Gasteiger partial charge < -0.3 is 9.84 Å². The van der Waals surface area contributed by atoms with Crippen LogP contribution in [-0.4, -0.2) is 21.8 Å². The number of amides is 1. The standard InChI is InChI=1S/C34H28N2O4S/c1-20-9-11-22(3)26(17-20)31(37)29-30(24-12-14-25(15-13-24)40-19-23-7-5-4-6-8-23)36(33(39)32(29)38)34-35-27-16-10-21(2)18-28(27)41-34/h4-18,30,37H,19H2,1-3H3. The van der Waals surface area contributed by atoms with Crippen LogP contribution in [0, 0.1) is 20.8 Å². The molecule has 5 aromatic rings. The van der Waals surface area contributed by atoms with Gasteiger partial charge in [-0.2, -0.15) is 0 Å². The number of aromatic nitrogens is 1. The fourth-order valence-electron chi connectivity index (χ4n) is 5.09. The van der Waals surface area contributed by atoms with Crippen LogP contribution in [0.5, 0.6) is 5.75 Å². The summed E-state index contributed by atoms with van der Waals surface area (Å²) in [5.74, 6) is -1.01. The van der Waals surface area contributed by atoms with Gasteiger partial charge in [0.2, 0.25) is 0 Å². The second-order valence-corrected chi connectivity index (χ2v) is 11.3. The highest BCUT2D eigenvalue weighted by Gasteiger charge is 2.48. The van der Waals surface area contributed by atoms with Crippen LogP contribution < -0.4 is 9.64 Å². The molecule has 1 atom stereocenters. The Balaban J connectivity index is 1.45. The quantitative estimate of drug-likeness (QED) is 0.133. The lowest BCUT2D eigenvalue weighted by molar-refractivity contribution is -0.132. The Morgan fingerprint density at radius 3 is 2.37 bits per heavy atom. The Bertz CT molecular complexity index is 1820. The molecule has 204 valence electrons. The number of hydrogen-bond acceptors (Lipinski definition) is 6. The summed E-state index contributed by atoms with van der Waals surface area (Å²) >= 11 is 1.35. The molecule has 7 heteroatoms. The summed E-state index contributed by atoms with van der Waals surface area (Å²) in [4.78, 5) is 33.4. The number of ketones is 1. The minimum Gasteiger partial charge on any atom is -0.507 e. The number of ether oxygens (including phenoxy) is 1. The van der Waals surface area contributed by atoms with Crippen LogP contribution in [0.4, 0.5) is 5.13 Å². The first-order chi connectivity index (χ1) is 19.8. The molecule has 1 amide bonds. The third-order valence-electron chi connectivity index (χ3n) is 7.28. The van der Waals surface area contributed by atoms with Crippen LogP contribution >= 0.6 is 11.3 Å². The summed E-state index contributed by atoms with van der Waals surface area (Å²) in [6, 6.07) is 27.9. The van der Waals surface area contributed by atoms with Crippen LogP contribution in [0.1, 0.15) is 39.4 Å². The molecule has 1 unspecified atom stereocenters. The second-order valence-electron chi connectivity index (χ2n) is 10.3. The van der Waals surface area contributed by atoms with Crippen molar-refractivity contribution in [1.82, 2.24) is 4.98 Å². The zero-order valence-corrected chi connectivity index (χ0v) is 23.7. The molecule has 1 aliphatic heterocycles. The smallest absolute Gasteiger partial charge is 0.301 e. The van der Waals surface area contributed by atoms with Crippen molar-refractivity contribution in [3.05, 3.63) is 130 Å². The van der Waals surface area contributed by atoms with Gasteiger partial charge in [-0.05, 0) is 73.4 Å². The van der Waals surface area contributed by atoms with Crippen LogP contribution in [0.25, 0.3) is 16.0 Å². The molecule has 1 aromatic heterocycles. The molecule has 0 aliphatic carbocycles. The molecule has 0 radical (unpaired) electrons. The number of carbonyl (C=O) groups is 2. The summed E-state index contributed by atoms with van der Waals surface area (Å²) in [6.07, 6.45) is 0. The van der Waals surface area contributed by atoms with Crippen molar-refractivity contribution in [3.63, 3.8) is 0 Å². The van der Waals surface area contributed by atoms with Crippen LogP contribution in [0.2, 0.25) is 0 Å². The summed E-state index contributed by atoms with van der Waals surface area (Å²) < 4.78 is 6.88. The number of aryl methyl sites for hydroxylation is 3. The Hall–Kier alpha value is -4.75. The van der Waals surface area contributed by atoms with Crippen molar-refractivity contribution in [3.8, 4) is 5.75 Å². The summed E-state index contributed by atoms with van der Waals surface area (Å²) in [5, 5.41) is 12.0. The van der Waals surface area contributed by atoms with E-state index in [1.54, 1.807) is 0 Å². The fourth-order valence-corrected chi connectivity index (χ4v) is 6.18. The number of fused-ring (bicyclic) bond motifs is 1. The lowest BCUT2D eigenvalue weighted by atomic mass is 9.93. The van der Waals surface area contributed by atoms with Crippen molar-refractivity contribution >= 4 is 44.1 Å². The van der Waals surface area contributed by atoms with E-state index >= 15 is 0 Å². The Kier molecular flexibility index (Phi) is 6.89. The SMILES string of the molecule is Cc1ccc(C)c(C(O)=C2C(=O)C(=O)N(c3nc4ccc(C)cc4s3)C2c2ccc(OCc3ccccc3)cc2)c1. The van der Waals surface area contributed by atoms with E-state index in [4.69, 9.17) is 9.72 Å². The maximum Gasteiger partial charge on any atom is 0.301 e. The van der Waals surface area contributed by atoms with Crippen molar-refractivity contribution in [1.29, 1.82) is 0 Å². The molecule has 1 aliphatic rings. The number of nitrogens with zero attached hydrogens (tertiary/aromatic N) is 2. The van der Waals surface area contributed by atoms with Crippen molar-refractivity contribution in [2.75, 3.05) is 4.90 Å². The number of carbonyl (C=O) groups excluding carboxylic acids is 2. The first-order valence-corrected chi connectivity index (χ1v) is 14.1. The van der Waals surface area contributed by atoms with Gasteiger partial charge in [0.05, 0.1) is 21.8 Å². The topological polar surface area (TPSA) is 79.7 Å². The Labute approximate surface area is 242 Å². The number of aliphatic hydroxyl groups excluding tert-OH is 1. The van der Waals surface area contributed by atoms with Gasteiger partial charge in [-0.1, -0.05) is 77.6 Å². The maximum absolute atomic E-state index is 13.6. The van der Waals surface area contributed by atoms with E-state index in [0.29, 0.717) is 28.6 Å². The average molecular weight is 561 g/mol. The monoisotopic (exact) mass is 560 g/mol. The minimum atomic E-state index is -0.861. The molecule has 2 heterocycles.